The van der Waals surface area contributed by atoms with Crippen LogP contribution in [0.4, 0.5) is 8.78 Å². The molecule has 0 bridgehead atoms. The van der Waals surface area contributed by atoms with Gasteiger partial charge in [0.1, 0.15) is 11.6 Å². The molecule has 0 amide bonds. The zero-order valence-electron chi connectivity index (χ0n) is 7.77. The highest BCUT2D eigenvalue weighted by Crippen LogP contribution is 2.21. The molecule has 0 atom stereocenters. The fourth-order valence-corrected chi connectivity index (χ4v) is 1.37. The second-order valence-electron chi connectivity index (χ2n) is 3.27. The highest BCUT2D eigenvalue weighted by atomic mass is 79.9. The van der Waals surface area contributed by atoms with Crippen LogP contribution in [0.15, 0.2) is 16.6 Å². The summed E-state index contributed by atoms with van der Waals surface area (Å²) in [5.74, 6) is -2.16. The van der Waals surface area contributed by atoms with E-state index in [0.717, 1.165) is 0 Å². The monoisotopic (exact) mass is 262 g/mol. The summed E-state index contributed by atoms with van der Waals surface area (Å²) in [5.41, 5.74) is -0.0757. The Hall–Kier alpha value is -0.770. The van der Waals surface area contributed by atoms with E-state index in [-0.39, 0.29) is 21.7 Å². The summed E-state index contributed by atoms with van der Waals surface area (Å²) < 4.78 is 26.1. The van der Waals surface area contributed by atoms with E-state index in [1.54, 1.807) is 13.8 Å². The maximum Gasteiger partial charge on any atom is 0.168 e. The molecule has 0 unspecified atom stereocenters. The van der Waals surface area contributed by atoms with Crippen LogP contribution in [0.3, 0.4) is 0 Å². The van der Waals surface area contributed by atoms with Gasteiger partial charge in [-0.05, 0) is 22.0 Å². The Balaban J connectivity index is 3.22. The van der Waals surface area contributed by atoms with Crippen LogP contribution in [-0.2, 0) is 0 Å². The average molecular weight is 263 g/mol. The van der Waals surface area contributed by atoms with Crippen LogP contribution in [0, 0.1) is 17.6 Å². The van der Waals surface area contributed by atoms with Crippen molar-refractivity contribution < 1.29 is 13.6 Å². The van der Waals surface area contributed by atoms with Gasteiger partial charge >= 0.3 is 0 Å². The van der Waals surface area contributed by atoms with Crippen LogP contribution in [0.1, 0.15) is 24.2 Å². The standard InChI is InChI=1S/C10H9BrF2O/c1-5(2)10(14)6-3-7(11)9(13)4-8(6)12/h3-5H,1-2H3. The number of halogens is 3. The number of Topliss-reactive ketones (excluding diaryl/α,β-unsaturated/α-hetero) is 1. The van der Waals surface area contributed by atoms with Crippen molar-refractivity contribution in [2.45, 2.75) is 13.8 Å². The molecule has 4 heteroatoms. The predicted octanol–water partition coefficient (Wildman–Crippen LogP) is 3.57. The molecular formula is C10H9BrF2O. The van der Waals surface area contributed by atoms with Gasteiger partial charge in [-0.2, -0.15) is 0 Å². The van der Waals surface area contributed by atoms with Gasteiger partial charge in [-0.1, -0.05) is 13.8 Å². The predicted molar refractivity (Wildman–Crippen MR) is 53.2 cm³/mol. The number of benzene rings is 1. The lowest BCUT2D eigenvalue weighted by Gasteiger charge is -2.06. The quantitative estimate of drug-likeness (QED) is 0.589. The normalized spacial score (nSPS) is 10.7. The molecule has 1 rings (SSSR count). The van der Waals surface area contributed by atoms with Crippen molar-refractivity contribution >= 4 is 21.7 Å². The van der Waals surface area contributed by atoms with E-state index in [1.807, 2.05) is 0 Å². The first-order valence-corrected chi connectivity index (χ1v) is 4.91. The summed E-state index contributed by atoms with van der Waals surface area (Å²) in [5, 5.41) is 0. The third-order valence-corrected chi connectivity index (χ3v) is 2.41. The molecular weight excluding hydrogens is 254 g/mol. The maximum absolute atomic E-state index is 13.2. The summed E-state index contributed by atoms with van der Waals surface area (Å²) >= 11 is 2.90. The Morgan fingerprint density at radius 3 is 2.36 bits per heavy atom. The Labute approximate surface area is 89.3 Å². The number of hydrogen-bond acceptors (Lipinski definition) is 1. The van der Waals surface area contributed by atoms with Crippen molar-refractivity contribution in [3.63, 3.8) is 0 Å². The molecule has 0 aliphatic carbocycles. The molecule has 0 aliphatic heterocycles. The SMILES string of the molecule is CC(C)C(=O)c1cc(Br)c(F)cc1F. The fraction of sp³-hybridized carbons (Fsp3) is 0.300. The molecule has 0 saturated carbocycles. The summed E-state index contributed by atoms with van der Waals surface area (Å²) in [6.07, 6.45) is 0. The molecule has 76 valence electrons. The highest BCUT2D eigenvalue weighted by molar-refractivity contribution is 9.10. The van der Waals surface area contributed by atoms with Gasteiger partial charge in [-0.3, -0.25) is 4.79 Å². The van der Waals surface area contributed by atoms with Crippen LogP contribution in [0.25, 0.3) is 0 Å². The van der Waals surface area contributed by atoms with Gasteiger partial charge in [0.05, 0.1) is 10.0 Å². The lowest BCUT2D eigenvalue weighted by atomic mass is 10.0. The molecule has 0 spiro atoms. The molecule has 1 aromatic rings. The van der Waals surface area contributed by atoms with Crippen molar-refractivity contribution in [2.24, 2.45) is 5.92 Å². The van der Waals surface area contributed by atoms with E-state index < -0.39 is 11.6 Å². The zero-order chi connectivity index (χ0) is 10.9. The minimum atomic E-state index is -0.815. The molecule has 0 aromatic heterocycles. The largest absolute Gasteiger partial charge is 0.294 e. The molecule has 0 fully saturated rings. The van der Waals surface area contributed by atoms with Crippen molar-refractivity contribution in [1.29, 1.82) is 0 Å². The Morgan fingerprint density at radius 1 is 1.29 bits per heavy atom. The van der Waals surface area contributed by atoms with E-state index >= 15 is 0 Å². The Bertz CT molecular complexity index is 375. The summed E-state index contributed by atoms with van der Waals surface area (Å²) in [6, 6.07) is 1.88. The third kappa shape index (κ3) is 2.18. The van der Waals surface area contributed by atoms with E-state index in [9.17, 15) is 13.6 Å². The number of rotatable bonds is 2. The summed E-state index contributed by atoms with van der Waals surface area (Å²) in [6.45, 7) is 3.33. The van der Waals surface area contributed by atoms with Gasteiger partial charge in [-0.25, -0.2) is 8.78 Å². The smallest absolute Gasteiger partial charge is 0.168 e. The molecule has 0 saturated heterocycles. The number of hydrogen-bond donors (Lipinski definition) is 0. The van der Waals surface area contributed by atoms with Crippen molar-refractivity contribution in [1.82, 2.24) is 0 Å². The van der Waals surface area contributed by atoms with Crippen LogP contribution >= 0.6 is 15.9 Å². The zero-order valence-corrected chi connectivity index (χ0v) is 9.36. The van der Waals surface area contributed by atoms with Gasteiger partial charge in [0.2, 0.25) is 0 Å². The van der Waals surface area contributed by atoms with E-state index in [1.165, 1.54) is 6.07 Å². The Kier molecular flexibility index (Phi) is 3.37. The van der Waals surface area contributed by atoms with Crippen LogP contribution in [-0.4, -0.2) is 5.78 Å². The number of carbonyl (C=O) groups is 1. The lowest BCUT2D eigenvalue weighted by Crippen LogP contribution is -2.10. The average Bonchev–Trinajstić information content (AvgIpc) is 2.10. The minimum Gasteiger partial charge on any atom is -0.294 e. The van der Waals surface area contributed by atoms with Gasteiger partial charge in [0.15, 0.2) is 5.78 Å². The lowest BCUT2D eigenvalue weighted by molar-refractivity contribution is 0.0935. The molecule has 0 heterocycles. The second kappa shape index (κ2) is 4.17. The number of carbonyl (C=O) groups excluding carboxylic acids is 1. The van der Waals surface area contributed by atoms with Crippen LogP contribution < -0.4 is 0 Å². The van der Waals surface area contributed by atoms with Crippen molar-refractivity contribution in [3.8, 4) is 0 Å². The first-order chi connectivity index (χ1) is 6.43. The van der Waals surface area contributed by atoms with E-state index in [2.05, 4.69) is 15.9 Å². The van der Waals surface area contributed by atoms with Crippen LogP contribution in [0.2, 0.25) is 0 Å². The van der Waals surface area contributed by atoms with Gasteiger partial charge < -0.3 is 0 Å². The molecule has 14 heavy (non-hydrogen) atoms. The molecule has 0 radical (unpaired) electrons. The summed E-state index contributed by atoms with van der Waals surface area (Å²) in [4.78, 5) is 11.4. The second-order valence-corrected chi connectivity index (χ2v) is 4.12. The minimum absolute atomic E-state index is 0.0757. The fourth-order valence-electron chi connectivity index (χ4n) is 1.02. The molecule has 1 nitrogen and oxygen atoms in total. The van der Waals surface area contributed by atoms with Crippen molar-refractivity contribution in [3.05, 3.63) is 33.8 Å². The highest BCUT2D eigenvalue weighted by Gasteiger charge is 2.17. The van der Waals surface area contributed by atoms with Gasteiger partial charge in [0, 0.05) is 12.0 Å². The maximum atomic E-state index is 13.2. The van der Waals surface area contributed by atoms with E-state index in [4.69, 9.17) is 0 Å². The van der Waals surface area contributed by atoms with Gasteiger partial charge in [-0.15, -0.1) is 0 Å². The van der Waals surface area contributed by atoms with Crippen molar-refractivity contribution in [2.75, 3.05) is 0 Å². The first kappa shape index (κ1) is 11.3. The number of ketones is 1. The topological polar surface area (TPSA) is 17.1 Å². The molecule has 0 N–H and O–H groups in total. The van der Waals surface area contributed by atoms with Gasteiger partial charge in [0.25, 0.3) is 0 Å². The third-order valence-electron chi connectivity index (χ3n) is 1.80. The molecule has 1 aromatic carbocycles. The van der Waals surface area contributed by atoms with E-state index in [0.29, 0.717) is 6.07 Å². The molecule has 0 aliphatic rings. The Morgan fingerprint density at radius 2 is 1.86 bits per heavy atom. The van der Waals surface area contributed by atoms with Crippen LogP contribution in [0.5, 0.6) is 0 Å². The first-order valence-electron chi connectivity index (χ1n) is 4.12. The summed E-state index contributed by atoms with van der Waals surface area (Å²) in [7, 11) is 0.